The summed E-state index contributed by atoms with van der Waals surface area (Å²) in [4.78, 5) is 1.12. The van der Waals surface area contributed by atoms with Crippen LogP contribution in [0.4, 0.5) is 13.2 Å². The smallest absolute Gasteiger partial charge is 0.376 e. The summed E-state index contributed by atoms with van der Waals surface area (Å²) in [5, 5.41) is 4.16. The van der Waals surface area contributed by atoms with Crippen molar-refractivity contribution in [3.05, 3.63) is 52.0 Å². The molecule has 0 fully saturated rings. The van der Waals surface area contributed by atoms with E-state index in [0.29, 0.717) is 0 Å². The number of fused-ring (bicyclic) bond motifs is 1. The zero-order valence-corrected chi connectivity index (χ0v) is 13.2. The lowest BCUT2D eigenvalue weighted by molar-refractivity contribution is -0.142. The summed E-state index contributed by atoms with van der Waals surface area (Å²) in [7, 11) is 0. The third-order valence-corrected chi connectivity index (χ3v) is 5.43. The second-order valence-corrected chi connectivity index (χ2v) is 6.56. The normalized spacial score (nSPS) is 18.4. The Morgan fingerprint density at radius 2 is 2.09 bits per heavy atom. The molecule has 22 heavy (non-hydrogen) atoms. The number of hydrogen-bond donors (Lipinski definition) is 1. The van der Waals surface area contributed by atoms with E-state index in [1.807, 2.05) is 25.1 Å². The van der Waals surface area contributed by atoms with E-state index in [9.17, 15) is 13.2 Å². The molecule has 1 atom stereocenters. The zero-order chi connectivity index (χ0) is 15.9. The maximum Gasteiger partial charge on any atom is 0.412 e. The fraction of sp³-hybridized carbons (Fsp3) is 0.250. The van der Waals surface area contributed by atoms with Crippen molar-refractivity contribution in [2.45, 2.75) is 25.6 Å². The Morgan fingerprint density at radius 1 is 1.32 bits per heavy atom. The van der Waals surface area contributed by atoms with Gasteiger partial charge in [-0.3, -0.25) is 0 Å². The van der Waals surface area contributed by atoms with Crippen LogP contribution < -0.4 is 5.32 Å². The van der Waals surface area contributed by atoms with Crippen LogP contribution in [0.15, 0.2) is 36.6 Å². The highest BCUT2D eigenvalue weighted by Gasteiger charge is 2.38. The van der Waals surface area contributed by atoms with Crippen LogP contribution in [0.1, 0.15) is 17.4 Å². The van der Waals surface area contributed by atoms with Crippen molar-refractivity contribution in [3.8, 4) is 0 Å². The Morgan fingerprint density at radius 3 is 2.68 bits per heavy atom. The van der Waals surface area contributed by atoms with E-state index < -0.39 is 12.2 Å². The number of thiophene rings is 1. The Hall–Kier alpha value is -1.46. The molecule has 0 amide bonds. The van der Waals surface area contributed by atoms with Crippen LogP contribution in [-0.4, -0.2) is 12.2 Å². The van der Waals surface area contributed by atoms with Crippen molar-refractivity contribution in [3.63, 3.8) is 0 Å². The third-order valence-electron chi connectivity index (χ3n) is 3.59. The fourth-order valence-corrected chi connectivity index (χ4v) is 3.93. The fourth-order valence-electron chi connectivity index (χ4n) is 2.39. The van der Waals surface area contributed by atoms with E-state index in [4.69, 9.17) is 11.6 Å². The number of benzene rings is 1. The topological polar surface area (TPSA) is 12.0 Å². The standard InChI is InChI=1S/C16H13ClF3NS/c1-2-12-15(17)11-5-3-9(7-13(11)22-12)10-4-6-14(21-8-10)16(18,19)20/h3-8,14,21H,2H2,1H3. The number of nitrogens with one attached hydrogen (secondary N) is 1. The first-order chi connectivity index (χ1) is 10.4. The molecular weight excluding hydrogens is 331 g/mol. The molecule has 1 aromatic heterocycles. The molecule has 0 spiro atoms. The molecule has 0 radical (unpaired) electrons. The Kier molecular flexibility index (Phi) is 3.95. The summed E-state index contributed by atoms with van der Waals surface area (Å²) < 4.78 is 38.9. The lowest BCUT2D eigenvalue weighted by atomic mass is 10.0. The second kappa shape index (κ2) is 5.63. The van der Waals surface area contributed by atoms with E-state index >= 15 is 0 Å². The van der Waals surface area contributed by atoms with Gasteiger partial charge in [0.15, 0.2) is 0 Å². The molecule has 0 saturated heterocycles. The van der Waals surface area contributed by atoms with Gasteiger partial charge in [-0.25, -0.2) is 0 Å². The number of aryl methyl sites for hydroxylation is 1. The van der Waals surface area contributed by atoms with Gasteiger partial charge < -0.3 is 5.32 Å². The lowest BCUT2D eigenvalue weighted by Crippen LogP contribution is -2.39. The van der Waals surface area contributed by atoms with Crippen molar-refractivity contribution in [1.29, 1.82) is 0 Å². The van der Waals surface area contributed by atoms with Gasteiger partial charge in [-0.1, -0.05) is 42.8 Å². The van der Waals surface area contributed by atoms with Gasteiger partial charge in [0.1, 0.15) is 6.04 Å². The molecule has 6 heteroatoms. The quantitative estimate of drug-likeness (QED) is 0.754. The molecule has 0 saturated carbocycles. The molecule has 0 bridgehead atoms. The van der Waals surface area contributed by atoms with Gasteiger partial charge in [-0.05, 0) is 23.6 Å². The van der Waals surface area contributed by atoms with Gasteiger partial charge in [-0.2, -0.15) is 13.2 Å². The third kappa shape index (κ3) is 2.75. The predicted octanol–water partition coefficient (Wildman–Crippen LogP) is 5.55. The second-order valence-electron chi connectivity index (χ2n) is 5.05. The number of halogens is 4. The summed E-state index contributed by atoms with van der Waals surface area (Å²) >= 11 is 7.93. The number of allylic oxidation sites excluding steroid dienone is 2. The molecule has 1 aliphatic rings. The number of alkyl halides is 3. The van der Waals surface area contributed by atoms with Crippen molar-refractivity contribution < 1.29 is 13.2 Å². The van der Waals surface area contributed by atoms with Crippen LogP contribution in [0.25, 0.3) is 15.7 Å². The van der Waals surface area contributed by atoms with Crippen LogP contribution in [-0.2, 0) is 6.42 Å². The molecule has 1 unspecified atom stereocenters. The Labute approximate surface area is 135 Å². The lowest BCUT2D eigenvalue weighted by Gasteiger charge is -2.21. The van der Waals surface area contributed by atoms with Gasteiger partial charge in [0.05, 0.1) is 5.02 Å². The molecular formula is C16H13ClF3NS. The largest absolute Gasteiger partial charge is 0.412 e. The highest BCUT2D eigenvalue weighted by atomic mass is 35.5. The van der Waals surface area contributed by atoms with E-state index in [-0.39, 0.29) is 0 Å². The van der Waals surface area contributed by atoms with Crippen molar-refractivity contribution in [1.82, 2.24) is 5.32 Å². The van der Waals surface area contributed by atoms with Gasteiger partial charge in [0.25, 0.3) is 0 Å². The van der Waals surface area contributed by atoms with Gasteiger partial charge in [0.2, 0.25) is 0 Å². The van der Waals surface area contributed by atoms with Gasteiger partial charge >= 0.3 is 6.18 Å². The predicted molar refractivity (Wildman–Crippen MR) is 86.3 cm³/mol. The van der Waals surface area contributed by atoms with E-state index in [1.54, 1.807) is 11.3 Å². The van der Waals surface area contributed by atoms with E-state index in [2.05, 4.69) is 5.32 Å². The molecule has 116 valence electrons. The molecule has 2 aromatic rings. The van der Waals surface area contributed by atoms with Gasteiger partial charge in [0, 0.05) is 21.2 Å². The number of dihydropyridines is 1. The maximum absolute atomic E-state index is 12.6. The molecule has 1 N–H and O–H groups in total. The molecule has 0 aliphatic carbocycles. The molecule has 3 rings (SSSR count). The minimum atomic E-state index is -4.28. The van der Waals surface area contributed by atoms with Crippen molar-refractivity contribution in [2.75, 3.05) is 0 Å². The average Bonchev–Trinajstić information content (AvgIpc) is 2.82. The summed E-state index contributed by atoms with van der Waals surface area (Å²) in [6, 6.07) is 4.15. The molecule has 2 heterocycles. The van der Waals surface area contributed by atoms with E-state index in [0.717, 1.165) is 43.6 Å². The highest BCUT2D eigenvalue weighted by molar-refractivity contribution is 7.19. The summed E-state index contributed by atoms with van der Waals surface area (Å²) in [6.45, 7) is 2.05. The van der Waals surface area contributed by atoms with Crippen molar-refractivity contribution in [2.24, 2.45) is 0 Å². The minimum Gasteiger partial charge on any atom is -0.376 e. The first-order valence-electron chi connectivity index (χ1n) is 6.82. The Bertz CT molecular complexity index is 774. The van der Waals surface area contributed by atoms with Crippen LogP contribution in [0, 0.1) is 0 Å². The van der Waals surface area contributed by atoms with Crippen LogP contribution >= 0.6 is 22.9 Å². The van der Waals surface area contributed by atoms with Crippen molar-refractivity contribution >= 4 is 38.6 Å². The minimum absolute atomic E-state index is 0.727. The molecule has 1 aromatic carbocycles. The van der Waals surface area contributed by atoms with Crippen LogP contribution in [0.2, 0.25) is 5.02 Å². The highest BCUT2D eigenvalue weighted by Crippen LogP contribution is 2.37. The maximum atomic E-state index is 12.6. The SMILES string of the molecule is CCc1sc2cc(C3=CNC(C(F)(F)F)C=C3)ccc2c1Cl. The number of rotatable bonds is 2. The van der Waals surface area contributed by atoms with Crippen LogP contribution in [0.5, 0.6) is 0 Å². The summed E-state index contributed by atoms with van der Waals surface area (Å²) in [5.41, 5.74) is 1.60. The summed E-state index contributed by atoms with van der Waals surface area (Å²) in [6.07, 6.45) is 0.643. The van der Waals surface area contributed by atoms with E-state index in [1.165, 1.54) is 12.3 Å². The first-order valence-corrected chi connectivity index (χ1v) is 8.02. The first kappa shape index (κ1) is 15.4. The average molecular weight is 344 g/mol. The monoisotopic (exact) mass is 343 g/mol. The van der Waals surface area contributed by atoms with Gasteiger partial charge in [-0.15, -0.1) is 11.3 Å². The summed E-state index contributed by atoms with van der Waals surface area (Å²) in [5.74, 6) is 0. The number of hydrogen-bond acceptors (Lipinski definition) is 2. The zero-order valence-electron chi connectivity index (χ0n) is 11.7. The van der Waals surface area contributed by atoms with Crippen LogP contribution in [0.3, 0.4) is 0 Å². The Balaban J connectivity index is 1.92. The molecule has 1 nitrogen and oxygen atoms in total. The molecule has 1 aliphatic heterocycles.